The Balaban J connectivity index is 1.32. The zero-order valence-corrected chi connectivity index (χ0v) is 15.5. The lowest BCUT2D eigenvalue weighted by Crippen LogP contribution is -2.49. The van der Waals surface area contributed by atoms with Crippen molar-refractivity contribution in [3.8, 4) is 5.69 Å². The standard InChI is InChI=1S/C19H26N6O2/c26-19(24-6-2-5-18(24)13-23-7-9-27-10-8-23)21-12-16-3-1-4-17(11-16)25-15-20-14-22-25/h1,3-4,11,14-15,18H,2,5-10,12-13H2,(H,21,26). The second-order valence-electron chi connectivity index (χ2n) is 7.07. The molecule has 1 aromatic carbocycles. The fourth-order valence-corrected chi connectivity index (χ4v) is 3.80. The third-order valence-electron chi connectivity index (χ3n) is 5.25. The topological polar surface area (TPSA) is 75.5 Å². The Labute approximate surface area is 159 Å². The van der Waals surface area contributed by atoms with E-state index in [0.717, 1.165) is 63.5 Å². The smallest absolute Gasteiger partial charge is 0.317 e. The highest BCUT2D eigenvalue weighted by Crippen LogP contribution is 2.19. The number of likely N-dealkylation sites (tertiary alicyclic amines) is 1. The molecule has 0 bridgehead atoms. The van der Waals surface area contributed by atoms with Crippen LogP contribution >= 0.6 is 0 Å². The molecule has 8 nitrogen and oxygen atoms in total. The van der Waals surface area contributed by atoms with Crippen LogP contribution in [0, 0.1) is 0 Å². The number of carbonyl (C=O) groups excluding carboxylic acids is 1. The van der Waals surface area contributed by atoms with E-state index < -0.39 is 0 Å². The van der Waals surface area contributed by atoms with E-state index in [2.05, 4.69) is 20.3 Å². The van der Waals surface area contributed by atoms with Gasteiger partial charge in [0.2, 0.25) is 0 Å². The second kappa shape index (κ2) is 8.49. The van der Waals surface area contributed by atoms with Gasteiger partial charge in [-0.15, -0.1) is 0 Å². The lowest BCUT2D eigenvalue weighted by atomic mass is 10.2. The normalized spacial score (nSPS) is 20.7. The molecule has 1 aromatic heterocycles. The molecule has 2 aliphatic rings. The molecule has 1 atom stereocenters. The first-order valence-corrected chi connectivity index (χ1v) is 9.58. The summed E-state index contributed by atoms with van der Waals surface area (Å²) in [6, 6.07) is 8.29. The predicted molar refractivity (Wildman–Crippen MR) is 101 cm³/mol. The molecule has 4 rings (SSSR count). The highest BCUT2D eigenvalue weighted by molar-refractivity contribution is 5.74. The molecule has 2 amide bonds. The van der Waals surface area contributed by atoms with Crippen LogP contribution in [-0.2, 0) is 11.3 Å². The lowest BCUT2D eigenvalue weighted by Gasteiger charge is -2.33. The van der Waals surface area contributed by atoms with E-state index >= 15 is 0 Å². The van der Waals surface area contributed by atoms with Crippen LogP contribution in [0.2, 0.25) is 0 Å². The number of nitrogens with zero attached hydrogens (tertiary/aromatic N) is 5. The molecule has 2 saturated heterocycles. The molecule has 0 aliphatic carbocycles. The summed E-state index contributed by atoms with van der Waals surface area (Å²) in [5.74, 6) is 0. The molecule has 27 heavy (non-hydrogen) atoms. The minimum Gasteiger partial charge on any atom is -0.379 e. The number of ether oxygens (including phenoxy) is 1. The van der Waals surface area contributed by atoms with Crippen molar-refractivity contribution in [3.63, 3.8) is 0 Å². The van der Waals surface area contributed by atoms with E-state index in [1.165, 1.54) is 6.33 Å². The van der Waals surface area contributed by atoms with E-state index in [0.29, 0.717) is 12.6 Å². The van der Waals surface area contributed by atoms with Crippen molar-refractivity contribution >= 4 is 6.03 Å². The molecule has 0 spiro atoms. The van der Waals surface area contributed by atoms with E-state index in [9.17, 15) is 4.79 Å². The Morgan fingerprint density at radius 1 is 1.26 bits per heavy atom. The van der Waals surface area contributed by atoms with Gasteiger partial charge in [0, 0.05) is 38.8 Å². The number of carbonyl (C=O) groups is 1. The van der Waals surface area contributed by atoms with E-state index in [1.807, 2.05) is 29.2 Å². The Kier molecular flexibility index (Phi) is 5.64. The Bertz CT molecular complexity index is 744. The van der Waals surface area contributed by atoms with Gasteiger partial charge in [-0.2, -0.15) is 5.10 Å². The van der Waals surface area contributed by atoms with Gasteiger partial charge >= 0.3 is 6.03 Å². The van der Waals surface area contributed by atoms with Crippen molar-refractivity contribution in [1.29, 1.82) is 0 Å². The summed E-state index contributed by atoms with van der Waals surface area (Å²) < 4.78 is 7.13. The van der Waals surface area contributed by atoms with Crippen LogP contribution < -0.4 is 5.32 Å². The summed E-state index contributed by atoms with van der Waals surface area (Å²) in [6.45, 7) is 5.78. The van der Waals surface area contributed by atoms with Crippen molar-refractivity contribution in [1.82, 2.24) is 29.9 Å². The highest BCUT2D eigenvalue weighted by Gasteiger charge is 2.30. The molecule has 0 radical (unpaired) electrons. The quantitative estimate of drug-likeness (QED) is 0.858. The Morgan fingerprint density at radius 3 is 2.96 bits per heavy atom. The number of morpholine rings is 1. The van der Waals surface area contributed by atoms with Crippen LogP contribution in [0.25, 0.3) is 5.69 Å². The minimum absolute atomic E-state index is 0.0249. The van der Waals surface area contributed by atoms with Crippen molar-refractivity contribution in [2.24, 2.45) is 0 Å². The molecule has 2 aromatic rings. The molecule has 2 aliphatic heterocycles. The molecule has 2 fully saturated rings. The van der Waals surface area contributed by atoms with Crippen molar-refractivity contribution in [2.45, 2.75) is 25.4 Å². The van der Waals surface area contributed by atoms with Gasteiger partial charge < -0.3 is 15.0 Å². The molecule has 8 heteroatoms. The monoisotopic (exact) mass is 370 g/mol. The van der Waals surface area contributed by atoms with E-state index in [1.54, 1.807) is 11.0 Å². The van der Waals surface area contributed by atoms with Gasteiger partial charge in [0.25, 0.3) is 0 Å². The number of aromatic nitrogens is 3. The summed E-state index contributed by atoms with van der Waals surface area (Å²) in [5.41, 5.74) is 1.98. The molecular formula is C19H26N6O2. The van der Waals surface area contributed by atoms with Gasteiger partial charge in [-0.25, -0.2) is 14.5 Å². The minimum atomic E-state index is 0.0249. The highest BCUT2D eigenvalue weighted by atomic mass is 16.5. The number of hydrogen-bond acceptors (Lipinski definition) is 5. The third kappa shape index (κ3) is 4.45. The molecular weight excluding hydrogens is 344 g/mol. The van der Waals surface area contributed by atoms with Crippen molar-refractivity contribution in [2.75, 3.05) is 39.4 Å². The number of urea groups is 1. The van der Waals surface area contributed by atoms with Crippen LogP contribution in [-0.4, -0.2) is 76.0 Å². The Hall–Kier alpha value is -2.45. The predicted octanol–water partition coefficient (Wildman–Crippen LogP) is 1.27. The third-order valence-corrected chi connectivity index (χ3v) is 5.25. The van der Waals surface area contributed by atoms with Crippen LogP contribution in [0.1, 0.15) is 18.4 Å². The summed E-state index contributed by atoms with van der Waals surface area (Å²) >= 11 is 0. The number of amides is 2. The van der Waals surface area contributed by atoms with Gasteiger partial charge in [-0.1, -0.05) is 12.1 Å². The number of nitrogens with one attached hydrogen (secondary N) is 1. The number of hydrogen-bond donors (Lipinski definition) is 1. The van der Waals surface area contributed by atoms with Gasteiger partial charge in [0.1, 0.15) is 12.7 Å². The summed E-state index contributed by atoms with van der Waals surface area (Å²) in [7, 11) is 0. The molecule has 1 unspecified atom stereocenters. The zero-order valence-electron chi connectivity index (χ0n) is 15.5. The molecule has 144 valence electrons. The first kappa shape index (κ1) is 17.9. The van der Waals surface area contributed by atoms with Crippen LogP contribution in [0.4, 0.5) is 4.79 Å². The van der Waals surface area contributed by atoms with Gasteiger partial charge in [0.15, 0.2) is 0 Å². The first-order valence-electron chi connectivity index (χ1n) is 9.58. The first-order chi connectivity index (χ1) is 13.3. The van der Waals surface area contributed by atoms with Crippen LogP contribution in [0.15, 0.2) is 36.9 Å². The molecule has 3 heterocycles. The van der Waals surface area contributed by atoms with Gasteiger partial charge in [0.05, 0.1) is 18.9 Å². The van der Waals surface area contributed by atoms with E-state index in [-0.39, 0.29) is 6.03 Å². The van der Waals surface area contributed by atoms with Crippen LogP contribution in [0.5, 0.6) is 0 Å². The van der Waals surface area contributed by atoms with Crippen molar-refractivity contribution < 1.29 is 9.53 Å². The molecule has 1 N–H and O–H groups in total. The SMILES string of the molecule is O=C(NCc1cccc(-n2cncn2)c1)N1CCCC1CN1CCOCC1. The van der Waals surface area contributed by atoms with E-state index in [4.69, 9.17) is 4.74 Å². The van der Waals surface area contributed by atoms with Gasteiger partial charge in [-0.3, -0.25) is 4.90 Å². The molecule has 0 saturated carbocycles. The Morgan fingerprint density at radius 2 is 2.15 bits per heavy atom. The number of benzene rings is 1. The van der Waals surface area contributed by atoms with Crippen molar-refractivity contribution in [3.05, 3.63) is 42.5 Å². The van der Waals surface area contributed by atoms with Crippen LogP contribution in [0.3, 0.4) is 0 Å². The largest absolute Gasteiger partial charge is 0.379 e. The average molecular weight is 370 g/mol. The maximum atomic E-state index is 12.7. The second-order valence-corrected chi connectivity index (χ2v) is 7.07. The summed E-state index contributed by atoms with van der Waals surface area (Å²) in [6.07, 6.45) is 5.32. The maximum absolute atomic E-state index is 12.7. The zero-order chi connectivity index (χ0) is 18.5. The lowest BCUT2D eigenvalue weighted by molar-refractivity contribution is 0.0292. The summed E-state index contributed by atoms with van der Waals surface area (Å²) in [4.78, 5) is 21.1. The maximum Gasteiger partial charge on any atom is 0.317 e. The van der Waals surface area contributed by atoms with Gasteiger partial charge in [-0.05, 0) is 30.5 Å². The number of rotatable bonds is 5. The summed E-state index contributed by atoms with van der Waals surface area (Å²) in [5, 5.41) is 7.23. The average Bonchev–Trinajstić information content (AvgIpc) is 3.39. The fraction of sp³-hybridized carbons (Fsp3) is 0.526. The fourth-order valence-electron chi connectivity index (χ4n) is 3.80.